The molecule has 2 bridgehead atoms. The van der Waals surface area contributed by atoms with E-state index in [0.717, 1.165) is 24.1 Å². The largest absolute Gasteiger partial charge is 0.274 e. The van der Waals surface area contributed by atoms with Crippen LogP contribution in [0, 0.1) is 30.6 Å². The number of anilines is 1. The third-order valence-electron chi connectivity index (χ3n) is 6.64. The van der Waals surface area contributed by atoms with Crippen LogP contribution in [0.1, 0.15) is 37.7 Å². The third kappa shape index (κ3) is 1.98. The summed E-state index contributed by atoms with van der Waals surface area (Å²) >= 11 is 0. The number of imide groups is 1. The molecule has 5 rings (SSSR count). The Labute approximate surface area is 148 Å². The van der Waals surface area contributed by atoms with Gasteiger partial charge in [-0.1, -0.05) is 47.9 Å². The molecule has 3 fully saturated rings. The second-order valence-electron chi connectivity index (χ2n) is 7.91. The van der Waals surface area contributed by atoms with Gasteiger partial charge in [0.2, 0.25) is 11.8 Å². The van der Waals surface area contributed by atoms with Crippen molar-refractivity contribution >= 4 is 17.5 Å². The SMILES string of the molecule is Cc1ccccc1N1C(=O)[C@@H]2[C@@H](C1=O)[C@@H]1C=C[C@@H]2C1=C1CCCCC1. The molecule has 128 valence electrons. The number of hydrogen-bond acceptors (Lipinski definition) is 2. The Morgan fingerprint density at radius 2 is 1.48 bits per heavy atom. The average Bonchev–Trinajstić information content (AvgIpc) is 3.27. The monoisotopic (exact) mass is 333 g/mol. The topological polar surface area (TPSA) is 37.4 Å². The molecule has 3 heteroatoms. The van der Waals surface area contributed by atoms with Gasteiger partial charge in [0.25, 0.3) is 0 Å². The van der Waals surface area contributed by atoms with Gasteiger partial charge in [0.15, 0.2) is 0 Å². The first-order valence-electron chi connectivity index (χ1n) is 9.52. The fourth-order valence-corrected chi connectivity index (χ4v) is 5.55. The molecule has 0 aromatic heterocycles. The van der Waals surface area contributed by atoms with Crippen LogP contribution in [0.15, 0.2) is 47.6 Å². The van der Waals surface area contributed by atoms with E-state index >= 15 is 0 Å². The molecule has 0 radical (unpaired) electrons. The van der Waals surface area contributed by atoms with E-state index < -0.39 is 0 Å². The highest BCUT2D eigenvalue weighted by atomic mass is 16.2. The minimum Gasteiger partial charge on any atom is -0.274 e. The first-order valence-corrected chi connectivity index (χ1v) is 9.52. The predicted octanol–water partition coefficient (Wildman–Crippen LogP) is 4.18. The van der Waals surface area contributed by atoms with E-state index in [1.54, 1.807) is 5.57 Å². The lowest BCUT2D eigenvalue weighted by Crippen LogP contribution is -2.33. The number of carbonyl (C=O) groups is 2. The van der Waals surface area contributed by atoms with Gasteiger partial charge in [-0.25, -0.2) is 4.90 Å². The summed E-state index contributed by atoms with van der Waals surface area (Å²) in [4.78, 5) is 27.9. The molecule has 3 nitrogen and oxygen atoms in total. The molecule has 0 spiro atoms. The van der Waals surface area contributed by atoms with Crippen LogP contribution in [0.4, 0.5) is 5.69 Å². The molecular formula is C22H23NO2. The van der Waals surface area contributed by atoms with Crippen LogP contribution in [0.2, 0.25) is 0 Å². The number of fused-ring (bicyclic) bond motifs is 5. The molecule has 25 heavy (non-hydrogen) atoms. The fraction of sp³-hybridized carbons (Fsp3) is 0.455. The smallest absolute Gasteiger partial charge is 0.238 e. The van der Waals surface area contributed by atoms with Gasteiger partial charge in [-0.15, -0.1) is 0 Å². The lowest BCUT2D eigenvalue weighted by atomic mass is 9.85. The normalized spacial score (nSPS) is 33.6. The maximum absolute atomic E-state index is 13.2. The maximum Gasteiger partial charge on any atom is 0.238 e. The Morgan fingerprint density at radius 3 is 2.08 bits per heavy atom. The first-order chi connectivity index (χ1) is 12.2. The Morgan fingerprint density at radius 1 is 0.880 bits per heavy atom. The highest BCUT2D eigenvalue weighted by molar-refractivity contribution is 6.23. The molecule has 1 aromatic carbocycles. The predicted molar refractivity (Wildman–Crippen MR) is 96.9 cm³/mol. The van der Waals surface area contributed by atoms with Gasteiger partial charge in [0.1, 0.15) is 0 Å². The van der Waals surface area contributed by atoms with Crippen molar-refractivity contribution in [1.29, 1.82) is 0 Å². The number of rotatable bonds is 1. The van der Waals surface area contributed by atoms with Crippen molar-refractivity contribution in [2.24, 2.45) is 23.7 Å². The summed E-state index contributed by atoms with van der Waals surface area (Å²) in [5.41, 5.74) is 4.72. The summed E-state index contributed by atoms with van der Waals surface area (Å²) in [5.74, 6) is -0.00896. The van der Waals surface area contributed by atoms with Gasteiger partial charge in [-0.3, -0.25) is 9.59 Å². The van der Waals surface area contributed by atoms with Gasteiger partial charge in [0, 0.05) is 11.8 Å². The van der Waals surface area contributed by atoms with Crippen LogP contribution < -0.4 is 4.90 Å². The van der Waals surface area contributed by atoms with Gasteiger partial charge in [-0.05, 0) is 44.2 Å². The Kier molecular flexibility index (Phi) is 3.28. The third-order valence-corrected chi connectivity index (χ3v) is 6.64. The minimum absolute atomic E-state index is 0.00931. The molecule has 4 aliphatic rings. The molecule has 1 aromatic rings. The van der Waals surface area contributed by atoms with Crippen molar-refractivity contribution < 1.29 is 9.59 Å². The zero-order chi connectivity index (χ0) is 17.1. The lowest BCUT2D eigenvalue weighted by molar-refractivity contribution is -0.122. The average molecular weight is 333 g/mol. The number of hydrogen-bond donors (Lipinski definition) is 0. The highest BCUT2D eigenvalue weighted by Crippen LogP contribution is 2.58. The number of aryl methyl sites for hydroxylation is 1. The van der Waals surface area contributed by atoms with E-state index in [9.17, 15) is 9.59 Å². The minimum atomic E-state index is -0.175. The van der Waals surface area contributed by atoms with Gasteiger partial charge in [-0.2, -0.15) is 0 Å². The van der Waals surface area contributed by atoms with Crippen molar-refractivity contribution in [3.05, 3.63) is 53.1 Å². The number of para-hydroxylation sites is 1. The molecule has 2 saturated carbocycles. The second kappa shape index (κ2) is 5.42. The molecule has 1 saturated heterocycles. The number of benzene rings is 1. The van der Waals surface area contributed by atoms with E-state index in [-0.39, 0.29) is 35.5 Å². The Bertz CT molecular complexity index is 792. The van der Waals surface area contributed by atoms with Crippen molar-refractivity contribution in [1.82, 2.24) is 0 Å². The van der Waals surface area contributed by atoms with Crippen LogP contribution in [-0.2, 0) is 9.59 Å². The molecule has 4 atom stereocenters. The number of nitrogens with zero attached hydrogens (tertiary/aromatic N) is 1. The van der Waals surface area contributed by atoms with E-state index in [1.165, 1.54) is 29.7 Å². The molecule has 3 aliphatic carbocycles. The summed E-state index contributed by atoms with van der Waals surface area (Å²) in [6.07, 6.45) is 10.5. The van der Waals surface area contributed by atoms with Crippen molar-refractivity contribution in [3.63, 3.8) is 0 Å². The van der Waals surface area contributed by atoms with Crippen LogP contribution in [0.25, 0.3) is 0 Å². The summed E-state index contributed by atoms with van der Waals surface area (Å²) in [6, 6.07) is 7.70. The molecule has 0 unspecified atom stereocenters. The summed E-state index contributed by atoms with van der Waals surface area (Å²) < 4.78 is 0. The van der Waals surface area contributed by atoms with Crippen molar-refractivity contribution in [2.75, 3.05) is 4.90 Å². The quantitative estimate of drug-likeness (QED) is 0.571. The first kappa shape index (κ1) is 15.1. The van der Waals surface area contributed by atoms with E-state index in [1.807, 2.05) is 31.2 Å². The Hall–Kier alpha value is -2.16. The highest BCUT2D eigenvalue weighted by Gasteiger charge is 2.62. The van der Waals surface area contributed by atoms with Crippen LogP contribution in [0.3, 0.4) is 0 Å². The van der Waals surface area contributed by atoms with Gasteiger partial charge < -0.3 is 0 Å². The van der Waals surface area contributed by atoms with Crippen molar-refractivity contribution in [3.8, 4) is 0 Å². The molecular weight excluding hydrogens is 310 g/mol. The van der Waals surface area contributed by atoms with Crippen LogP contribution in [-0.4, -0.2) is 11.8 Å². The molecule has 1 heterocycles. The summed E-state index contributed by atoms with van der Waals surface area (Å²) in [6.45, 7) is 1.96. The molecule has 1 aliphatic heterocycles. The van der Waals surface area contributed by atoms with E-state index in [2.05, 4.69) is 12.2 Å². The van der Waals surface area contributed by atoms with Crippen molar-refractivity contribution in [2.45, 2.75) is 39.0 Å². The fourth-order valence-electron chi connectivity index (χ4n) is 5.55. The zero-order valence-electron chi connectivity index (χ0n) is 14.6. The van der Waals surface area contributed by atoms with Crippen LogP contribution in [0.5, 0.6) is 0 Å². The van der Waals surface area contributed by atoms with Crippen LogP contribution >= 0.6 is 0 Å². The second-order valence-corrected chi connectivity index (χ2v) is 7.91. The Balaban J connectivity index is 1.55. The van der Waals surface area contributed by atoms with Gasteiger partial charge >= 0.3 is 0 Å². The lowest BCUT2D eigenvalue weighted by Gasteiger charge is -2.23. The maximum atomic E-state index is 13.2. The van der Waals surface area contributed by atoms with Gasteiger partial charge in [0.05, 0.1) is 17.5 Å². The van der Waals surface area contributed by atoms with E-state index in [0.29, 0.717) is 0 Å². The number of allylic oxidation sites excluding steroid dienone is 4. The summed E-state index contributed by atoms with van der Waals surface area (Å²) in [7, 11) is 0. The number of amides is 2. The van der Waals surface area contributed by atoms with E-state index in [4.69, 9.17) is 0 Å². The standard InChI is InChI=1S/C22H23NO2/c1-13-7-5-6-10-17(13)23-21(24)19-15-11-12-16(20(19)22(23)25)18(15)14-8-3-2-4-9-14/h5-7,10-12,15-16,19-20H,2-4,8-9H2,1H3/t15-,16-,19+,20+/m1/s1. The zero-order valence-corrected chi connectivity index (χ0v) is 14.6. The molecule has 2 amide bonds. The molecule has 0 N–H and O–H groups in total. The summed E-state index contributed by atoms with van der Waals surface area (Å²) in [5, 5.41) is 0. The number of carbonyl (C=O) groups excluding carboxylic acids is 2.